The molecule has 202 valence electrons. The minimum atomic E-state index is -0.478. The van der Waals surface area contributed by atoms with E-state index in [-0.39, 0.29) is 21.9 Å². The fourth-order valence-corrected chi connectivity index (χ4v) is 6.19. The number of ether oxygens (including phenoxy) is 3. The first-order valence-corrected chi connectivity index (χ1v) is 13.6. The van der Waals surface area contributed by atoms with Gasteiger partial charge in [0, 0.05) is 26.9 Å². The van der Waals surface area contributed by atoms with Gasteiger partial charge in [0.1, 0.15) is 27.2 Å². The number of thiazole rings is 1. The third-order valence-corrected chi connectivity index (χ3v) is 8.24. The van der Waals surface area contributed by atoms with Crippen LogP contribution in [0.2, 0.25) is 5.02 Å². The van der Waals surface area contributed by atoms with Crippen LogP contribution in [0.15, 0.2) is 41.8 Å². The van der Waals surface area contributed by atoms with Gasteiger partial charge in [0.15, 0.2) is 16.6 Å². The van der Waals surface area contributed by atoms with Crippen molar-refractivity contribution in [3.05, 3.63) is 57.2 Å². The van der Waals surface area contributed by atoms with E-state index in [2.05, 4.69) is 21.4 Å². The molecular formula is C27H21ClN6O4S2. The largest absolute Gasteiger partial charge is 0.493 e. The number of amides is 1. The number of hydrogen-bond acceptors (Lipinski definition) is 11. The first kappa shape index (κ1) is 27.0. The molecule has 0 saturated carbocycles. The van der Waals surface area contributed by atoms with Crippen molar-refractivity contribution < 1.29 is 19.0 Å². The molecule has 0 radical (unpaired) electrons. The zero-order chi connectivity index (χ0) is 28.6. The van der Waals surface area contributed by atoms with Crippen LogP contribution < -0.4 is 31.0 Å². The minimum absolute atomic E-state index is 0.00346. The van der Waals surface area contributed by atoms with Crippen molar-refractivity contribution in [2.24, 2.45) is 0 Å². The highest BCUT2D eigenvalue weighted by molar-refractivity contribution is 7.21. The van der Waals surface area contributed by atoms with E-state index in [4.69, 9.17) is 37.3 Å². The molecule has 5 rings (SSSR count). The number of anilines is 3. The molecule has 3 aromatic heterocycles. The highest BCUT2D eigenvalue weighted by Crippen LogP contribution is 2.47. The van der Waals surface area contributed by atoms with Crippen molar-refractivity contribution >= 4 is 67.0 Å². The molecule has 5 N–H and O–H groups in total. The number of benzene rings is 2. The quantitative estimate of drug-likeness (QED) is 0.204. The molecule has 0 aliphatic carbocycles. The Morgan fingerprint density at radius 2 is 1.77 bits per heavy atom. The summed E-state index contributed by atoms with van der Waals surface area (Å²) in [6.07, 6.45) is 0. The predicted octanol–water partition coefficient (Wildman–Crippen LogP) is 6.05. The lowest BCUT2D eigenvalue weighted by Crippen LogP contribution is -2.11. The maximum Gasteiger partial charge on any atom is 0.269 e. The number of nitrogens with one attached hydrogen (secondary N) is 1. The molecule has 13 heteroatoms. The number of rotatable bonds is 7. The SMILES string of the molecule is COc1cc(-c2c(C#N)c(N)nc3sc(C(=O)Nc4nc(-c5ccccc5Cl)cs4)c(N)c23)cc(OC)c1OC. The van der Waals surface area contributed by atoms with Crippen molar-refractivity contribution in [3.63, 3.8) is 0 Å². The summed E-state index contributed by atoms with van der Waals surface area (Å²) in [5.74, 6) is 0.636. The molecule has 0 aliphatic heterocycles. The topological polar surface area (TPSA) is 158 Å². The first-order valence-electron chi connectivity index (χ1n) is 11.5. The smallest absolute Gasteiger partial charge is 0.269 e. The van der Waals surface area contributed by atoms with Crippen LogP contribution in [-0.4, -0.2) is 37.2 Å². The lowest BCUT2D eigenvalue weighted by Gasteiger charge is -2.16. The predicted molar refractivity (Wildman–Crippen MR) is 159 cm³/mol. The average Bonchev–Trinajstić information content (AvgIpc) is 3.55. The molecular weight excluding hydrogens is 572 g/mol. The molecule has 5 aromatic rings. The Hall–Kier alpha value is -4.57. The van der Waals surface area contributed by atoms with Crippen LogP contribution in [0.3, 0.4) is 0 Å². The molecule has 2 aromatic carbocycles. The van der Waals surface area contributed by atoms with Gasteiger partial charge in [-0.15, -0.1) is 22.7 Å². The maximum absolute atomic E-state index is 13.4. The molecule has 10 nitrogen and oxygen atoms in total. The maximum atomic E-state index is 13.4. The molecule has 40 heavy (non-hydrogen) atoms. The number of methoxy groups -OCH3 is 3. The van der Waals surface area contributed by atoms with Crippen LogP contribution in [0.4, 0.5) is 16.6 Å². The van der Waals surface area contributed by atoms with E-state index >= 15 is 0 Å². The summed E-state index contributed by atoms with van der Waals surface area (Å²) in [7, 11) is 4.46. The Bertz CT molecular complexity index is 1800. The minimum Gasteiger partial charge on any atom is -0.493 e. The molecule has 0 saturated heterocycles. The normalized spacial score (nSPS) is 10.8. The van der Waals surface area contributed by atoms with Crippen molar-refractivity contribution in [2.45, 2.75) is 0 Å². The number of nitriles is 1. The number of aromatic nitrogens is 2. The van der Waals surface area contributed by atoms with Crippen molar-refractivity contribution in [1.29, 1.82) is 5.26 Å². The Balaban J connectivity index is 1.61. The molecule has 0 aliphatic rings. The Labute approximate surface area is 241 Å². The van der Waals surface area contributed by atoms with Gasteiger partial charge in [0.05, 0.1) is 32.7 Å². The molecule has 1 amide bonds. The third kappa shape index (κ3) is 4.60. The van der Waals surface area contributed by atoms with Crippen LogP contribution in [0, 0.1) is 11.3 Å². The van der Waals surface area contributed by atoms with Crippen LogP contribution in [0.25, 0.3) is 32.6 Å². The van der Waals surface area contributed by atoms with Crippen LogP contribution in [-0.2, 0) is 0 Å². The number of pyridine rings is 1. The summed E-state index contributed by atoms with van der Waals surface area (Å²) in [5, 5.41) is 15.9. The van der Waals surface area contributed by atoms with Gasteiger partial charge < -0.3 is 25.7 Å². The van der Waals surface area contributed by atoms with E-state index in [0.29, 0.717) is 54.4 Å². The molecule has 3 heterocycles. The summed E-state index contributed by atoms with van der Waals surface area (Å²) in [6, 6.07) is 12.8. The van der Waals surface area contributed by atoms with Gasteiger partial charge in [-0.25, -0.2) is 9.97 Å². The summed E-state index contributed by atoms with van der Waals surface area (Å²) in [4.78, 5) is 22.8. The van der Waals surface area contributed by atoms with Crippen LogP contribution in [0.5, 0.6) is 17.2 Å². The van der Waals surface area contributed by atoms with Gasteiger partial charge in [-0.3, -0.25) is 10.1 Å². The van der Waals surface area contributed by atoms with Gasteiger partial charge in [0.25, 0.3) is 5.91 Å². The molecule has 0 atom stereocenters. The molecule has 0 spiro atoms. The second-order valence-corrected chi connectivity index (χ2v) is 10.5. The van der Waals surface area contributed by atoms with Crippen molar-refractivity contribution in [2.75, 3.05) is 38.1 Å². The first-order chi connectivity index (χ1) is 19.3. The van der Waals surface area contributed by atoms with Gasteiger partial charge in [-0.05, 0) is 23.8 Å². The number of carbonyl (C=O) groups is 1. The standard InChI is InChI=1S/C27H21ClN6O4S2/c1-36-17-8-12(9-18(37-2)22(17)38-3)19-14(10-29)24(31)33-26-20(19)21(30)23(40-26)25(35)34-27-32-16(11-39-27)13-6-4-5-7-15(13)28/h4-9,11H,30H2,1-3H3,(H2,31,33)(H,32,34,35). The number of thiophene rings is 1. The Kier molecular flexibility index (Phi) is 7.36. The van der Waals surface area contributed by atoms with E-state index in [1.54, 1.807) is 23.6 Å². The summed E-state index contributed by atoms with van der Waals surface area (Å²) >= 11 is 8.60. The Morgan fingerprint density at radius 3 is 2.40 bits per heavy atom. The zero-order valence-corrected chi connectivity index (χ0v) is 23.8. The molecule has 0 unspecified atom stereocenters. The van der Waals surface area contributed by atoms with Gasteiger partial charge in [-0.2, -0.15) is 5.26 Å². The van der Waals surface area contributed by atoms with E-state index < -0.39 is 5.91 Å². The number of halogens is 1. The molecule has 0 bridgehead atoms. The number of nitrogens with two attached hydrogens (primary N) is 2. The highest BCUT2D eigenvalue weighted by atomic mass is 35.5. The Morgan fingerprint density at radius 1 is 1.07 bits per heavy atom. The number of carbonyl (C=O) groups excluding carboxylic acids is 1. The van der Waals surface area contributed by atoms with Gasteiger partial charge in [-0.1, -0.05) is 29.8 Å². The van der Waals surface area contributed by atoms with E-state index in [9.17, 15) is 10.1 Å². The second kappa shape index (κ2) is 10.9. The lowest BCUT2D eigenvalue weighted by atomic mass is 9.96. The highest BCUT2D eigenvalue weighted by Gasteiger charge is 2.26. The van der Waals surface area contributed by atoms with Gasteiger partial charge >= 0.3 is 0 Å². The van der Waals surface area contributed by atoms with E-state index in [1.165, 1.54) is 32.7 Å². The number of fused-ring (bicyclic) bond motifs is 1. The van der Waals surface area contributed by atoms with E-state index in [0.717, 1.165) is 16.9 Å². The van der Waals surface area contributed by atoms with Crippen LogP contribution in [0.1, 0.15) is 15.2 Å². The number of nitrogens with zero attached hydrogens (tertiary/aromatic N) is 3. The van der Waals surface area contributed by atoms with Crippen LogP contribution >= 0.6 is 34.3 Å². The second-order valence-electron chi connectivity index (χ2n) is 8.27. The average molecular weight is 593 g/mol. The van der Waals surface area contributed by atoms with Crippen molar-refractivity contribution in [3.8, 4) is 45.7 Å². The van der Waals surface area contributed by atoms with Crippen molar-refractivity contribution in [1.82, 2.24) is 9.97 Å². The molecule has 0 fully saturated rings. The fourth-order valence-electron chi connectivity index (χ4n) is 4.24. The summed E-state index contributed by atoms with van der Waals surface area (Å²) in [5.41, 5.74) is 15.3. The monoisotopic (exact) mass is 592 g/mol. The zero-order valence-electron chi connectivity index (χ0n) is 21.4. The fraction of sp³-hybridized carbons (Fsp3) is 0.111. The summed E-state index contributed by atoms with van der Waals surface area (Å²) in [6.45, 7) is 0. The van der Waals surface area contributed by atoms with E-state index in [1.807, 2.05) is 18.2 Å². The van der Waals surface area contributed by atoms with Gasteiger partial charge in [0.2, 0.25) is 5.75 Å². The number of nitrogen functional groups attached to an aromatic ring is 2. The lowest BCUT2D eigenvalue weighted by molar-refractivity contribution is 0.103. The summed E-state index contributed by atoms with van der Waals surface area (Å²) < 4.78 is 16.4. The number of hydrogen-bond donors (Lipinski definition) is 3. The third-order valence-electron chi connectivity index (χ3n) is 6.05.